The second kappa shape index (κ2) is 7.29. The molecular formula is C15H21N3O5S. The van der Waals surface area contributed by atoms with Crippen LogP contribution in [0.5, 0.6) is 0 Å². The van der Waals surface area contributed by atoms with Crippen molar-refractivity contribution in [2.45, 2.75) is 12.8 Å². The summed E-state index contributed by atoms with van der Waals surface area (Å²) >= 11 is 0. The molecule has 1 aromatic rings. The highest BCUT2D eigenvalue weighted by Crippen LogP contribution is 2.22. The average molecular weight is 355 g/mol. The molecule has 0 saturated carbocycles. The molecule has 1 heterocycles. The van der Waals surface area contributed by atoms with E-state index in [4.69, 9.17) is 5.11 Å². The summed E-state index contributed by atoms with van der Waals surface area (Å²) in [5.74, 6) is -1.47. The smallest absolute Gasteiger partial charge is 0.335 e. The molecule has 1 amide bonds. The molecule has 0 aliphatic carbocycles. The van der Waals surface area contributed by atoms with Crippen molar-refractivity contribution < 1.29 is 23.1 Å². The molecule has 0 atom stereocenters. The van der Waals surface area contributed by atoms with Crippen LogP contribution < -0.4 is 5.32 Å². The van der Waals surface area contributed by atoms with Crippen molar-refractivity contribution in [2.24, 2.45) is 5.92 Å². The maximum atomic E-state index is 12.3. The highest BCUT2D eigenvalue weighted by Gasteiger charge is 2.32. The summed E-state index contributed by atoms with van der Waals surface area (Å²) < 4.78 is 26.6. The minimum Gasteiger partial charge on any atom is -0.478 e. The fraction of sp³-hybridized carbons (Fsp3) is 0.467. The van der Waals surface area contributed by atoms with E-state index in [0.717, 1.165) is 4.31 Å². The lowest BCUT2D eigenvalue weighted by molar-refractivity contribution is -0.120. The summed E-state index contributed by atoms with van der Waals surface area (Å²) in [5.41, 5.74) is 0.670. The number of carboxylic acids is 1. The second-order valence-electron chi connectivity index (χ2n) is 5.84. The monoisotopic (exact) mass is 355 g/mol. The zero-order chi connectivity index (χ0) is 17.9. The molecule has 1 aromatic carbocycles. The fourth-order valence-electron chi connectivity index (χ4n) is 2.52. The van der Waals surface area contributed by atoms with Gasteiger partial charge < -0.3 is 10.4 Å². The van der Waals surface area contributed by atoms with E-state index < -0.39 is 16.2 Å². The van der Waals surface area contributed by atoms with E-state index >= 15 is 0 Å². The van der Waals surface area contributed by atoms with Gasteiger partial charge in [-0.15, -0.1) is 0 Å². The van der Waals surface area contributed by atoms with E-state index in [0.29, 0.717) is 31.6 Å². The third-order valence-electron chi connectivity index (χ3n) is 4.01. The number of carboxylic acid groups (broad SMARTS) is 1. The Hall–Kier alpha value is -1.97. The topological polar surface area (TPSA) is 107 Å². The molecule has 0 radical (unpaired) electrons. The molecule has 0 bridgehead atoms. The maximum absolute atomic E-state index is 12.3. The number of nitrogens with zero attached hydrogens (tertiary/aromatic N) is 2. The van der Waals surface area contributed by atoms with Crippen molar-refractivity contribution in [3.05, 3.63) is 29.8 Å². The van der Waals surface area contributed by atoms with E-state index in [2.05, 4.69) is 5.32 Å². The van der Waals surface area contributed by atoms with Gasteiger partial charge in [0.2, 0.25) is 5.91 Å². The van der Waals surface area contributed by atoms with Crippen LogP contribution in [-0.2, 0) is 15.0 Å². The Morgan fingerprint density at radius 3 is 2.17 bits per heavy atom. The quantitative estimate of drug-likeness (QED) is 0.814. The summed E-state index contributed by atoms with van der Waals surface area (Å²) in [7, 11) is -0.479. The first kappa shape index (κ1) is 18.4. The Bertz CT molecular complexity index is 707. The maximum Gasteiger partial charge on any atom is 0.335 e. The number of hydrogen-bond donors (Lipinski definition) is 2. The molecule has 0 spiro atoms. The molecule has 132 valence electrons. The van der Waals surface area contributed by atoms with Crippen LogP contribution in [0.25, 0.3) is 0 Å². The highest BCUT2D eigenvalue weighted by molar-refractivity contribution is 7.86. The lowest BCUT2D eigenvalue weighted by Gasteiger charge is -2.32. The standard InChI is InChI=1S/C15H21N3O5S/c1-17(2)24(22,23)18-9-7-11(8-10-18)14(19)16-13-5-3-12(4-6-13)15(20)21/h3-6,11H,7-10H2,1-2H3,(H,16,19)(H,20,21). The molecule has 2 rings (SSSR count). The zero-order valence-electron chi connectivity index (χ0n) is 13.6. The van der Waals surface area contributed by atoms with Gasteiger partial charge in [0.05, 0.1) is 5.56 Å². The Morgan fingerprint density at radius 1 is 1.17 bits per heavy atom. The minimum absolute atomic E-state index is 0.148. The number of anilines is 1. The number of benzene rings is 1. The molecule has 0 unspecified atom stereocenters. The molecule has 1 aliphatic rings. The zero-order valence-corrected chi connectivity index (χ0v) is 14.4. The first-order chi connectivity index (χ1) is 11.2. The van der Waals surface area contributed by atoms with Crippen molar-refractivity contribution in [2.75, 3.05) is 32.5 Å². The Kier molecular flexibility index (Phi) is 5.58. The van der Waals surface area contributed by atoms with Crippen molar-refractivity contribution >= 4 is 27.8 Å². The number of hydrogen-bond acceptors (Lipinski definition) is 4. The first-order valence-corrected chi connectivity index (χ1v) is 8.93. The molecule has 1 aliphatic heterocycles. The minimum atomic E-state index is -3.44. The highest BCUT2D eigenvalue weighted by atomic mass is 32.2. The normalized spacial score (nSPS) is 17.0. The van der Waals surface area contributed by atoms with Crippen molar-refractivity contribution in [3.8, 4) is 0 Å². The third-order valence-corrected chi connectivity index (χ3v) is 5.95. The molecule has 0 aromatic heterocycles. The molecular weight excluding hydrogens is 334 g/mol. The molecule has 9 heteroatoms. The van der Waals surface area contributed by atoms with Crippen LogP contribution >= 0.6 is 0 Å². The summed E-state index contributed by atoms with van der Waals surface area (Å²) in [6, 6.07) is 5.91. The molecule has 1 fully saturated rings. The van der Waals surface area contributed by atoms with Gasteiger partial charge in [-0.2, -0.15) is 17.0 Å². The van der Waals surface area contributed by atoms with Crippen molar-refractivity contribution in [3.63, 3.8) is 0 Å². The number of piperidine rings is 1. The van der Waals surface area contributed by atoms with Gasteiger partial charge in [-0.1, -0.05) is 0 Å². The Morgan fingerprint density at radius 2 is 1.71 bits per heavy atom. The summed E-state index contributed by atoms with van der Waals surface area (Å²) in [6.07, 6.45) is 0.901. The van der Waals surface area contributed by atoms with E-state index in [9.17, 15) is 18.0 Å². The fourth-order valence-corrected chi connectivity index (χ4v) is 3.65. The predicted molar refractivity (Wildman–Crippen MR) is 88.9 cm³/mol. The molecule has 2 N–H and O–H groups in total. The van der Waals surface area contributed by atoms with Gasteiger partial charge in [0.1, 0.15) is 0 Å². The van der Waals surface area contributed by atoms with Crippen LogP contribution in [0.3, 0.4) is 0 Å². The first-order valence-electron chi connectivity index (χ1n) is 7.53. The van der Waals surface area contributed by atoms with E-state index in [1.807, 2.05) is 0 Å². The largest absolute Gasteiger partial charge is 0.478 e. The summed E-state index contributed by atoms with van der Waals surface area (Å²) in [6.45, 7) is 0.604. The number of nitrogens with one attached hydrogen (secondary N) is 1. The van der Waals surface area contributed by atoms with Crippen LogP contribution in [0.2, 0.25) is 0 Å². The lowest BCUT2D eigenvalue weighted by atomic mass is 9.97. The van der Waals surface area contributed by atoms with E-state index in [1.165, 1.54) is 42.7 Å². The van der Waals surface area contributed by atoms with Crippen LogP contribution in [0, 0.1) is 5.92 Å². The number of amides is 1. The summed E-state index contributed by atoms with van der Waals surface area (Å²) in [4.78, 5) is 23.1. The average Bonchev–Trinajstić information content (AvgIpc) is 2.55. The number of carbonyl (C=O) groups is 2. The summed E-state index contributed by atoms with van der Waals surface area (Å²) in [5, 5.41) is 11.6. The van der Waals surface area contributed by atoms with Crippen LogP contribution in [0.15, 0.2) is 24.3 Å². The van der Waals surface area contributed by atoms with Crippen LogP contribution in [0.1, 0.15) is 23.2 Å². The van der Waals surface area contributed by atoms with Gasteiger partial charge in [0.25, 0.3) is 10.2 Å². The number of aromatic carboxylic acids is 1. The van der Waals surface area contributed by atoms with Crippen molar-refractivity contribution in [1.82, 2.24) is 8.61 Å². The van der Waals surface area contributed by atoms with Gasteiger partial charge in [0, 0.05) is 38.8 Å². The van der Waals surface area contributed by atoms with Crippen molar-refractivity contribution in [1.29, 1.82) is 0 Å². The Labute approximate surface area is 141 Å². The van der Waals surface area contributed by atoms with Crippen LogP contribution in [0.4, 0.5) is 5.69 Å². The molecule has 24 heavy (non-hydrogen) atoms. The van der Waals surface area contributed by atoms with Gasteiger partial charge in [-0.25, -0.2) is 4.79 Å². The number of carbonyl (C=O) groups excluding carboxylic acids is 1. The second-order valence-corrected chi connectivity index (χ2v) is 7.98. The van der Waals surface area contributed by atoms with Gasteiger partial charge in [0.15, 0.2) is 0 Å². The van der Waals surface area contributed by atoms with E-state index in [1.54, 1.807) is 0 Å². The van der Waals surface area contributed by atoms with Gasteiger partial charge in [-0.05, 0) is 37.1 Å². The lowest BCUT2D eigenvalue weighted by Crippen LogP contribution is -2.46. The van der Waals surface area contributed by atoms with Gasteiger partial charge in [-0.3, -0.25) is 4.79 Å². The predicted octanol–water partition coefficient (Wildman–Crippen LogP) is 0.842. The molecule has 8 nitrogen and oxygen atoms in total. The van der Waals surface area contributed by atoms with Gasteiger partial charge >= 0.3 is 5.97 Å². The van der Waals surface area contributed by atoms with E-state index in [-0.39, 0.29) is 17.4 Å². The Balaban J connectivity index is 1.92. The molecule has 1 saturated heterocycles. The third kappa shape index (κ3) is 4.11. The SMILES string of the molecule is CN(C)S(=O)(=O)N1CCC(C(=O)Nc2ccc(C(=O)O)cc2)CC1. The van der Waals surface area contributed by atoms with Crippen LogP contribution in [-0.4, -0.2) is 61.2 Å². The number of rotatable bonds is 5.